The molecular weight excluding hydrogens is 204 g/mol. The number of aromatic nitrogens is 2. The van der Waals surface area contributed by atoms with Crippen LogP contribution >= 0.6 is 0 Å². The van der Waals surface area contributed by atoms with Crippen molar-refractivity contribution in [1.82, 2.24) is 9.55 Å². The lowest BCUT2D eigenvalue weighted by Gasteiger charge is -2.14. The molecule has 0 aliphatic heterocycles. The SMILES string of the molecule is CCCC(Cc1nccn1C)C(=O)OCC. The van der Waals surface area contributed by atoms with Crippen LogP contribution in [0.3, 0.4) is 0 Å². The van der Waals surface area contributed by atoms with Gasteiger partial charge in [-0.05, 0) is 13.3 Å². The van der Waals surface area contributed by atoms with Crippen molar-refractivity contribution in [3.05, 3.63) is 18.2 Å². The Bertz CT molecular complexity index is 334. The lowest BCUT2D eigenvalue weighted by atomic mass is 9.99. The van der Waals surface area contributed by atoms with Gasteiger partial charge in [-0.3, -0.25) is 4.79 Å². The number of imidazole rings is 1. The van der Waals surface area contributed by atoms with Crippen LogP contribution in [0, 0.1) is 5.92 Å². The van der Waals surface area contributed by atoms with E-state index in [4.69, 9.17) is 4.74 Å². The van der Waals surface area contributed by atoms with Gasteiger partial charge in [0.15, 0.2) is 0 Å². The highest BCUT2D eigenvalue weighted by Crippen LogP contribution is 2.14. The van der Waals surface area contributed by atoms with Crippen LogP contribution in [0.5, 0.6) is 0 Å². The van der Waals surface area contributed by atoms with E-state index in [2.05, 4.69) is 11.9 Å². The molecule has 1 aromatic rings. The quantitative estimate of drug-likeness (QED) is 0.694. The summed E-state index contributed by atoms with van der Waals surface area (Å²) < 4.78 is 7.02. The standard InChI is InChI=1S/C12H20N2O2/c1-4-6-10(12(15)16-5-2)9-11-13-7-8-14(11)3/h7-8,10H,4-6,9H2,1-3H3. The summed E-state index contributed by atoms with van der Waals surface area (Å²) >= 11 is 0. The van der Waals surface area contributed by atoms with E-state index in [0.29, 0.717) is 13.0 Å². The van der Waals surface area contributed by atoms with Crippen molar-refractivity contribution in [2.24, 2.45) is 13.0 Å². The fourth-order valence-corrected chi connectivity index (χ4v) is 1.73. The van der Waals surface area contributed by atoms with Crippen LogP contribution in [0.2, 0.25) is 0 Å². The lowest BCUT2D eigenvalue weighted by Crippen LogP contribution is -2.21. The summed E-state index contributed by atoms with van der Waals surface area (Å²) in [4.78, 5) is 15.9. The van der Waals surface area contributed by atoms with Gasteiger partial charge in [-0.25, -0.2) is 4.98 Å². The zero-order valence-electron chi connectivity index (χ0n) is 10.3. The summed E-state index contributed by atoms with van der Waals surface area (Å²) in [6.45, 7) is 4.35. The molecule has 1 rings (SSSR count). The first-order valence-corrected chi connectivity index (χ1v) is 5.81. The largest absolute Gasteiger partial charge is 0.466 e. The van der Waals surface area contributed by atoms with Crippen LogP contribution in [-0.2, 0) is 23.0 Å². The van der Waals surface area contributed by atoms with Crippen molar-refractivity contribution in [3.8, 4) is 0 Å². The number of carbonyl (C=O) groups excluding carboxylic acids is 1. The molecule has 0 spiro atoms. The molecule has 90 valence electrons. The molecule has 1 unspecified atom stereocenters. The van der Waals surface area contributed by atoms with E-state index >= 15 is 0 Å². The van der Waals surface area contributed by atoms with E-state index in [0.717, 1.165) is 18.7 Å². The second-order valence-electron chi connectivity index (χ2n) is 3.90. The summed E-state index contributed by atoms with van der Waals surface area (Å²) in [5.41, 5.74) is 0. The Hall–Kier alpha value is -1.32. The minimum Gasteiger partial charge on any atom is -0.466 e. The average Bonchev–Trinajstić information content (AvgIpc) is 2.64. The first kappa shape index (κ1) is 12.7. The zero-order chi connectivity index (χ0) is 12.0. The molecule has 0 N–H and O–H groups in total. The van der Waals surface area contributed by atoms with Crippen molar-refractivity contribution >= 4 is 5.97 Å². The smallest absolute Gasteiger partial charge is 0.309 e. The van der Waals surface area contributed by atoms with E-state index in [1.54, 1.807) is 6.20 Å². The number of esters is 1. The molecule has 1 aromatic heterocycles. The molecule has 0 aliphatic rings. The number of nitrogens with zero attached hydrogens (tertiary/aromatic N) is 2. The van der Waals surface area contributed by atoms with Gasteiger partial charge in [0.05, 0.1) is 12.5 Å². The van der Waals surface area contributed by atoms with Gasteiger partial charge in [0, 0.05) is 25.9 Å². The van der Waals surface area contributed by atoms with Gasteiger partial charge >= 0.3 is 5.97 Å². The van der Waals surface area contributed by atoms with Crippen molar-refractivity contribution < 1.29 is 9.53 Å². The van der Waals surface area contributed by atoms with Gasteiger partial charge in [-0.1, -0.05) is 13.3 Å². The molecule has 4 nitrogen and oxygen atoms in total. The maximum absolute atomic E-state index is 11.7. The third-order valence-corrected chi connectivity index (χ3v) is 2.61. The predicted molar refractivity (Wildman–Crippen MR) is 61.9 cm³/mol. The van der Waals surface area contributed by atoms with Crippen molar-refractivity contribution in [2.75, 3.05) is 6.61 Å². The van der Waals surface area contributed by atoms with Crippen LogP contribution in [0.4, 0.5) is 0 Å². The maximum atomic E-state index is 11.7. The van der Waals surface area contributed by atoms with Gasteiger partial charge in [-0.2, -0.15) is 0 Å². The highest BCUT2D eigenvalue weighted by Gasteiger charge is 2.20. The van der Waals surface area contributed by atoms with Gasteiger partial charge in [0.25, 0.3) is 0 Å². The molecule has 0 radical (unpaired) electrons. The van der Waals surface area contributed by atoms with Crippen molar-refractivity contribution in [3.63, 3.8) is 0 Å². The van der Waals surface area contributed by atoms with Crippen LogP contribution in [0.15, 0.2) is 12.4 Å². The van der Waals surface area contributed by atoms with Crippen LogP contribution in [0.25, 0.3) is 0 Å². The Balaban J connectivity index is 2.64. The highest BCUT2D eigenvalue weighted by molar-refractivity contribution is 5.72. The number of carbonyl (C=O) groups is 1. The van der Waals surface area contributed by atoms with E-state index in [1.807, 2.05) is 24.7 Å². The minimum absolute atomic E-state index is 0.0638. The zero-order valence-corrected chi connectivity index (χ0v) is 10.3. The van der Waals surface area contributed by atoms with E-state index in [9.17, 15) is 4.79 Å². The second-order valence-corrected chi connectivity index (χ2v) is 3.90. The fourth-order valence-electron chi connectivity index (χ4n) is 1.73. The summed E-state index contributed by atoms with van der Waals surface area (Å²) in [7, 11) is 1.94. The van der Waals surface area contributed by atoms with Gasteiger partial charge < -0.3 is 9.30 Å². The topological polar surface area (TPSA) is 44.1 Å². The molecular formula is C12H20N2O2. The number of hydrogen-bond donors (Lipinski definition) is 0. The van der Waals surface area contributed by atoms with Gasteiger partial charge in [0.1, 0.15) is 5.82 Å². The Morgan fingerprint density at radius 3 is 2.81 bits per heavy atom. The van der Waals surface area contributed by atoms with E-state index in [-0.39, 0.29) is 11.9 Å². The normalized spacial score (nSPS) is 12.4. The highest BCUT2D eigenvalue weighted by atomic mass is 16.5. The summed E-state index contributed by atoms with van der Waals surface area (Å²) in [6.07, 6.45) is 6.14. The maximum Gasteiger partial charge on any atom is 0.309 e. The van der Waals surface area contributed by atoms with Gasteiger partial charge in [0.2, 0.25) is 0 Å². The Morgan fingerprint density at radius 1 is 1.56 bits per heavy atom. The third kappa shape index (κ3) is 3.36. The third-order valence-electron chi connectivity index (χ3n) is 2.61. The molecule has 0 aromatic carbocycles. The molecule has 1 atom stereocenters. The molecule has 0 amide bonds. The first-order valence-electron chi connectivity index (χ1n) is 5.81. The van der Waals surface area contributed by atoms with Crippen molar-refractivity contribution in [2.45, 2.75) is 33.1 Å². The lowest BCUT2D eigenvalue weighted by molar-refractivity contribution is -0.148. The van der Waals surface area contributed by atoms with E-state index in [1.165, 1.54) is 0 Å². The second kappa shape index (κ2) is 6.30. The summed E-state index contributed by atoms with van der Waals surface area (Å²) in [5, 5.41) is 0. The molecule has 16 heavy (non-hydrogen) atoms. The van der Waals surface area contributed by atoms with Crippen molar-refractivity contribution in [1.29, 1.82) is 0 Å². The number of hydrogen-bond acceptors (Lipinski definition) is 3. The van der Waals surface area contributed by atoms with Crippen LogP contribution < -0.4 is 0 Å². The first-order chi connectivity index (χ1) is 7.69. The molecule has 0 aliphatic carbocycles. The monoisotopic (exact) mass is 224 g/mol. The number of rotatable bonds is 6. The summed E-state index contributed by atoms with van der Waals surface area (Å²) in [6, 6.07) is 0. The Morgan fingerprint density at radius 2 is 2.31 bits per heavy atom. The Kier molecular flexibility index (Phi) is 5.02. The van der Waals surface area contributed by atoms with Crippen LogP contribution in [-0.4, -0.2) is 22.1 Å². The molecule has 0 fully saturated rings. The number of aryl methyl sites for hydroxylation is 1. The molecule has 0 bridgehead atoms. The molecule has 4 heteroatoms. The minimum atomic E-state index is -0.104. The van der Waals surface area contributed by atoms with E-state index < -0.39 is 0 Å². The molecule has 1 heterocycles. The predicted octanol–water partition coefficient (Wildman–Crippen LogP) is 1.94. The fraction of sp³-hybridized carbons (Fsp3) is 0.667. The summed E-state index contributed by atoms with van der Waals surface area (Å²) in [5.74, 6) is 0.768. The molecule has 0 saturated carbocycles. The number of ether oxygens (including phenoxy) is 1. The van der Waals surface area contributed by atoms with Crippen LogP contribution in [0.1, 0.15) is 32.5 Å². The average molecular weight is 224 g/mol. The molecule has 0 saturated heterocycles. The van der Waals surface area contributed by atoms with Gasteiger partial charge in [-0.15, -0.1) is 0 Å². The Labute approximate surface area is 96.6 Å².